The van der Waals surface area contributed by atoms with Gasteiger partial charge in [0.2, 0.25) is 0 Å². The van der Waals surface area contributed by atoms with Crippen LogP contribution in [0.2, 0.25) is 0 Å². The van der Waals surface area contributed by atoms with Crippen LogP contribution in [0.3, 0.4) is 0 Å². The third-order valence-electron chi connectivity index (χ3n) is 2.64. The summed E-state index contributed by atoms with van der Waals surface area (Å²) in [6.07, 6.45) is 2.49. The van der Waals surface area contributed by atoms with Crippen molar-refractivity contribution in [3.05, 3.63) is 19.2 Å². The monoisotopic (exact) mass is 353 g/mol. The van der Waals surface area contributed by atoms with Crippen LogP contribution in [-0.4, -0.2) is 7.05 Å². The Hall–Kier alpha value is 0.620. The summed E-state index contributed by atoms with van der Waals surface area (Å²) in [6.45, 7) is 4.55. The van der Waals surface area contributed by atoms with Crippen molar-refractivity contribution >= 4 is 43.2 Å². The van der Waals surface area contributed by atoms with Crippen LogP contribution < -0.4 is 5.32 Å². The molecular weight excluding hydrogens is 338 g/mol. The summed E-state index contributed by atoms with van der Waals surface area (Å²) in [5.41, 5.74) is 1.37. The molecule has 0 aliphatic carbocycles. The van der Waals surface area contributed by atoms with Gasteiger partial charge in [0.05, 0.1) is 7.57 Å². The van der Waals surface area contributed by atoms with Crippen molar-refractivity contribution in [2.24, 2.45) is 5.92 Å². The molecule has 0 amide bonds. The smallest absolute Gasteiger partial charge is 0.0758 e. The maximum absolute atomic E-state index is 3.63. The van der Waals surface area contributed by atoms with Gasteiger partial charge in [0.1, 0.15) is 0 Å². The van der Waals surface area contributed by atoms with Gasteiger partial charge in [-0.1, -0.05) is 20.3 Å². The van der Waals surface area contributed by atoms with E-state index in [0.29, 0.717) is 12.0 Å². The van der Waals surface area contributed by atoms with E-state index in [-0.39, 0.29) is 0 Å². The van der Waals surface area contributed by atoms with Crippen LogP contribution in [0, 0.1) is 5.92 Å². The van der Waals surface area contributed by atoms with Gasteiger partial charge in [-0.05, 0) is 62.9 Å². The first-order valence-electron chi connectivity index (χ1n) is 5.22. The lowest BCUT2D eigenvalue weighted by Gasteiger charge is -2.23. The number of halogens is 2. The lowest BCUT2D eigenvalue weighted by molar-refractivity contribution is 0.384. The molecule has 1 N–H and O–H groups in total. The Morgan fingerprint density at radius 2 is 2.13 bits per heavy atom. The third kappa shape index (κ3) is 3.55. The van der Waals surface area contributed by atoms with E-state index in [1.807, 2.05) is 7.05 Å². The van der Waals surface area contributed by atoms with Crippen molar-refractivity contribution in [3.8, 4) is 0 Å². The van der Waals surface area contributed by atoms with Gasteiger partial charge in [0, 0.05) is 6.04 Å². The summed E-state index contributed by atoms with van der Waals surface area (Å²) in [5.74, 6) is 0.665. The molecule has 1 nitrogen and oxygen atoms in total. The minimum atomic E-state index is 0.446. The van der Waals surface area contributed by atoms with Gasteiger partial charge in [0.25, 0.3) is 0 Å². The molecule has 0 aliphatic heterocycles. The van der Waals surface area contributed by atoms with Gasteiger partial charge in [-0.3, -0.25) is 0 Å². The van der Waals surface area contributed by atoms with Crippen LogP contribution in [0.4, 0.5) is 0 Å². The van der Waals surface area contributed by atoms with Crippen molar-refractivity contribution in [2.75, 3.05) is 7.05 Å². The maximum atomic E-state index is 3.63. The largest absolute Gasteiger partial charge is 0.313 e. The topological polar surface area (TPSA) is 12.0 Å². The molecule has 1 heterocycles. The number of rotatable bonds is 5. The molecule has 0 aromatic carbocycles. The van der Waals surface area contributed by atoms with Gasteiger partial charge in [-0.15, -0.1) is 11.3 Å². The molecule has 0 fully saturated rings. The van der Waals surface area contributed by atoms with Crippen molar-refractivity contribution in [3.63, 3.8) is 0 Å². The van der Waals surface area contributed by atoms with Crippen molar-refractivity contribution < 1.29 is 0 Å². The van der Waals surface area contributed by atoms with Gasteiger partial charge in [-0.2, -0.15) is 0 Å². The number of nitrogens with one attached hydrogen (secondary N) is 1. The summed E-state index contributed by atoms with van der Waals surface area (Å²) < 4.78 is 2.42. The van der Waals surface area contributed by atoms with E-state index in [1.165, 1.54) is 26.0 Å². The lowest BCUT2D eigenvalue weighted by Crippen LogP contribution is -2.23. The average Bonchev–Trinajstić information content (AvgIpc) is 2.47. The van der Waals surface area contributed by atoms with Gasteiger partial charge < -0.3 is 5.32 Å². The third-order valence-corrected chi connectivity index (χ3v) is 5.03. The van der Waals surface area contributed by atoms with Crippen LogP contribution in [0.1, 0.15) is 38.3 Å². The fraction of sp³-hybridized carbons (Fsp3) is 0.636. The predicted molar refractivity (Wildman–Crippen MR) is 75.6 cm³/mol. The molecule has 4 heteroatoms. The highest BCUT2D eigenvalue weighted by Crippen LogP contribution is 2.38. The summed E-state index contributed by atoms with van der Waals surface area (Å²) in [6, 6.07) is 2.66. The van der Waals surface area contributed by atoms with Crippen LogP contribution in [-0.2, 0) is 0 Å². The number of hydrogen-bond donors (Lipinski definition) is 1. The highest BCUT2D eigenvalue weighted by molar-refractivity contribution is 9.12. The fourth-order valence-electron chi connectivity index (χ4n) is 1.93. The molecule has 0 saturated carbocycles. The van der Waals surface area contributed by atoms with E-state index in [0.717, 1.165) is 0 Å². The van der Waals surface area contributed by atoms with Crippen LogP contribution >= 0.6 is 43.2 Å². The normalized spacial score (nSPS) is 15.3. The number of thiophene rings is 1. The van der Waals surface area contributed by atoms with Gasteiger partial charge in [0.15, 0.2) is 0 Å². The van der Waals surface area contributed by atoms with Crippen molar-refractivity contribution in [1.29, 1.82) is 0 Å². The standard InChI is InChI=1S/C11H17Br2NS/c1-4-5-7(2)10(14-3)8-6-9(12)15-11(8)13/h6-7,10,14H,4-5H2,1-3H3. The highest BCUT2D eigenvalue weighted by Gasteiger charge is 2.20. The number of hydrogen-bond acceptors (Lipinski definition) is 2. The van der Waals surface area contributed by atoms with Crippen LogP contribution in [0.25, 0.3) is 0 Å². The zero-order valence-corrected chi connectivity index (χ0v) is 13.3. The molecule has 1 rings (SSSR count). The first kappa shape index (κ1) is 13.7. The molecule has 86 valence electrons. The molecule has 2 unspecified atom stereocenters. The molecule has 1 aromatic rings. The Morgan fingerprint density at radius 1 is 1.47 bits per heavy atom. The van der Waals surface area contributed by atoms with E-state index in [1.54, 1.807) is 11.3 Å². The molecule has 1 aromatic heterocycles. The summed E-state index contributed by atoms with van der Waals surface area (Å²) in [7, 11) is 2.04. The lowest BCUT2D eigenvalue weighted by atomic mass is 9.93. The second kappa shape index (κ2) is 6.38. The Balaban J connectivity index is 2.86. The van der Waals surface area contributed by atoms with Gasteiger partial charge >= 0.3 is 0 Å². The van der Waals surface area contributed by atoms with E-state index >= 15 is 0 Å². The fourth-order valence-corrected chi connectivity index (χ4v) is 4.86. The van der Waals surface area contributed by atoms with E-state index in [9.17, 15) is 0 Å². The van der Waals surface area contributed by atoms with Crippen molar-refractivity contribution in [1.82, 2.24) is 5.32 Å². The van der Waals surface area contributed by atoms with Crippen LogP contribution in [0.5, 0.6) is 0 Å². The SMILES string of the molecule is CCCC(C)C(NC)c1cc(Br)sc1Br. The van der Waals surface area contributed by atoms with Crippen molar-refractivity contribution in [2.45, 2.75) is 32.7 Å². The Bertz CT molecular complexity index is 312. The second-order valence-corrected chi connectivity index (χ2v) is 7.56. The molecule has 0 aliphatic rings. The minimum Gasteiger partial charge on any atom is -0.313 e. The molecule has 0 saturated heterocycles. The zero-order valence-electron chi connectivity index (χ0n) is 9.31. The van der Waals surface area contributed by atoms with E-state index < -0.39 is 0 Å². The Morgan fingerprint density at radius 3 is 2.53 bits per heavy atom. The molecular formula is C11H17Br2NS. The summed E-state index contributed by atoms with van der Waals surface area (Å²) in [5, 5.41) is 3.41. The highest BCUT2D eigenvalue weighted by atomic mass is 79.9. The molecule has 2 atom stereocenters. The quantitative estimate of drug-likeness (QED) is 0.787. The second-order valence-electron chi connectivity index (χ2n) is 3.81. The van der Waals surface area contributed by atoms with Gasteiger partial charge in [-0.25, -0.2) is 0 Å². The summed E-state index contributed by atoms with van der Waals surface area (Å²) >= 11 is 8.90. The summed E-state index contributed by atoms with van der Waals surface area (Å²) in [4.78, 5) is 0. The Kier molecular flexibility index (Phi) is 5.82. The first-order valence-corrected chi connectivity index (χ1v) is 7.62. The zero-order chi connectivity index (χ0) is 11.4. The first-order chi connectivity index (χ1) is 7.10. The van der Waals surface area contributed by atoms with E-state index in [4.69, 9.17) is 0 Å². The molecule has 15 heavy (non-hydrogen) atoms. The Labute approximate surface area is 113 Å². The minimum absolute atomic E-state index is 0.446. The molecule has 0 spiro atoms. The van der Waals surface area contributed by atoms with Crippen LogP contribution in [0.15, 0.2) is 13.6 Å². The van der Waals surface area contributed by atoms with E-state index in [2.05, 4.69) is 57.1 Å². The molecule has 0 radical (unpaired) electrons. The maximum Gasteiger partial charge on any atom is 0.0758 e. The predicted octanol–water partition coefficient (Wildman–Crippen LogP) is 4.97. The molecule has 0 bridgehead atoms. The average molecular weight is 355 g/mol.